The first-order chi connectivity index (χ1) is 13.7. The first-order valence-electron chi connectivity index (χ1n) is 8.96. The first-order valence-corrected chi connectivity index (χ1v) is 10.4. The second kappa shape index (κ2) is 8.04. The molecule has 152 valence electrons. The van der Waals surface area contributed by atoms with E-state index in [1.54, 1.807) is 19.1 Å². The van der Waals surface area contributed by atoms with Crippen molar-refractivity contribution >= 4 is 27.3 Å². The molecule has 0 saturated carbocycles. The van der Waals surface area contributed by atoms with Crippen LogP contribution in [0.3, 0.4) is 0 Å². The van der Waals surface area contributed by atoms with Crippen LogP contribution in [0.25, 0.3) is 5.57 Å². The summed E-state index contributed by atoms with van der Waals surface area (Å²) in [5, 5.41) is 10.9. The topological polar surface area (TPSA) is 107 Å². The molecule has 1 aliphatic rings. The Hall–Kier alpha value is -3.20. The Morgan fingerprint density at radius 1 is 1.17 bits per heavy atom. The van der Waals surface area contributed by atoms with Gasteiger partial charge in [-0.2, -0.15) is 0 Å². The van der Waals surface area contributed by atoms with Crippen LogP contribution >= 0.6 is 0 Å². The van der Waals surface area contributed by atoms with Crippen molar-refractivity contribution in [1.29, 1.82) is 0 Å². The summed E-state index contributed by atoms with van der Waals surface area (Å²) in [7, 11) is -3.98. The Bertz CT molecular complexity index is 1060. The van der Waals surface area contributed by atoms with Gasteiger partial charge in [-0.1, -0.05) is 17.7 Å². The Morgan fingerprint density at radius 2 is 1.79 bits per heavy atom. The van der Waals surface area contributed by atoms with E-state index in [1.165, 1.54) is 42.6 Å². The van der Waals surface area contributed by atoms with Gasteiger partial charge >= 0.3 is 5.97 Å². The van der Waals surface area contributed by atoms with Crippen LogP contribution in [-0.2, 0) is 19.6 Å². The van der Waals surface area contributed by atoms with Crippen molar-refractivity contribution in [2.24, 2.45) is 0 Å². The molecule has 1 atom stereocenters. The zero-order chi connectivity index (χ0) is 21.2. The molecule has 0 bridgehead atoms. The van der Waals surface area contributed by atoms with Crippen LogP contribution in [0, 0.1) is 17.0 Å². The second-order valence-corrected chi connectivity index (χ2v) is 8.42. The highest BCUT2D eigenvalue weighted by atomic mass is 32.2. The van der Waals surface area contributed by atoms with Gasteiger partial charge in [-0.25, -0.2) is 13.2 Å². The molecule has 0 amide bonds. The maximum absolute atomic E-state index is 13.2. The molecular weight excluding hydrogens is 396 g/mol. The number of non-ortho nitro benzene ring substituents is 1. The number of ether oxygens (including phenoxy) is 1. The molecule has 0 unspecified atom stereocenters. The SMILES string of the molecule is CCOC(=O)[C@@H]1CC(c2ccc([N+](=O)[O-])cc2)=CN1S(=O)(=O)c1ccc(C)cc1. The number of nitrogens with zero attached hydrogens (tertiary/aromatic N) is 2. The molecule has 29 heavy (non-hydrogen) atoms. The fourth-order valence-corrected chi connectivity index (χ4v) is 4.56. The molecule has 0 fully saturated rings. The average molecular weight is 416 g/mol. The van der Waals surface area contributed by atoms with Crippen molar-refractivity contribution in [2.75, 3.05) is 6.61 Å². The van der Waals surface area contributed by atoms with Gasteiger partial charge in [0.25, 0.3) is 15.7 Å². The number of rotatable bonds is 6. The third-order valence-electron chi connectivity index (χ3n) is 4.61. The van der Waals surface area contributed by atoms with Gasteiger partial charge in [0.1, 0.15) is 6.04 Å². The normalized spacial score (nSPS) is 16.4. The third-order valence-corrected chi connectivity index (χ3v) is 6.39. The zero-order valence-corrected chi connectivity index (χ0v) is 16.8. The molecule has 9 heteroatoms. The van der Waals surface area contributed by atoms with Crippen LogP contribution in [0.1, 0.15) is 24.5 Å². The summed E-state index contributed by atoms with van der Waals surface area (Å²) < 4.78 is 32.4. The fourth-order valence-electron chi connectivity index (χ4n) is 3.08. The first kappa shape index (κ1) is 20.5. The van der Waals surface area contributed by atoms with E-state index in [0.717, 1.165) is 9.87 Å². The van der Waals surface area contributed by atoms with Crippen molar-refractivity contribution in [3.05, 3.63) is 76.0 Å². The lowest BCUT2D eigenvalue weighted by molar-refractivity contribution is -0.384. The molecular formula is C20H20N2O6S. The number of esters is 1. The third kappa shape index (κ3) is 4.14. The average Bonchev–Trinajstić information content (AvgIpc) is 3.15. The maximum atomic E-state index is 13.2. The van der Waals surface area contributed by atoms with E-state index in [2.05, 4.69) is 0 Å². The lowest BCUT2D eigenvalue weighted by atomic mass is 10.0. The molecule has 2 aromatic rings. The van der Waals surface area contributed by atoms with Gasteiger partial charge in [0.05, 0.1) is 16.4 Å². The van der Waals surface area contributed by atoms with E-state index in [9.17, 15) is 23.3 Å². The number of hydrogen-bond acceptors (Lipinski definition) is 6. The van der Waals surface area contributed by atoms with Gasteiger partial charge in [0.2, 0.25) is 0 Å². The van der Waals surface area contributed by atoms with Crippen LogP contribution in [0.2, 0.25) is 0 Å². The largest absolute Gasteiger partial charge is 0.464 e. The number of benzene rings is 2. The summed E-state index contributed by atoms with van der Waals surface area (Å²) in [6, 6.07) is 11.1. The van der Waals surface area contributed by atoms with Gasteiger partial charge in [-0.3, -0.25) is 14.4 Å². The molecule has 0 spiro atoms. The monoisotopic (exact) mass is 416 g/mol. The molecule has 0 aromatic heterocycles. The standard InChI is InChI=1S/C20H20N2O6S/c1-3-28-20(23)19-12-16(15-6-8-17(9-7-15)22(24)25)13-21(19)29(26,27)18-10-4-14(2)5-11-18/h4-11,13,19H,3,12H2,1-2H3/t19-/m0/s1. The summed E-state index contributed by atoms with van der Waals surface area (Å²) in [5.74, 6) is -0.642. The fraction of sp³-hybridized carbons (Fsp3) is 0.250. The van der Waals surface area contributed by atoms with Gasteiger partial charge < -0.3 is 4.74 Å². The molecule has 8 nitrogen and oxygen atoms in total. The van der Waals surface area contributed by atoms with Crippen molar-refractivity contribution in [2.45, 2.75) is 31.2 Å². The molecule has 0 radical (unpaired) electrons. The van der Waals surface area contributed by atoms with E-state index >= 15 is 0 Å². The number of nitro groups is 1. The van der Waals surface area contributed by atoms with Gasteiger partial charge in [0.15, 0.2) is 0 Å². The molecule has 0 N–H and O–H groups in total. The van der Waals surface area contributed by atoms with Crippen LogP contribution in [-0.4, -0.2) is 36.3 Å². The number of carbonyl (C=O) groups excluding carboxylic acids is 1. The highest BCUT2D eigenvalue weighted by molar-refractivity contribution is 7.89. The van der Waals surface area contributed by atoms with E-state index in [-0.39, 0.29) is 23.6 Å². The molecule has 1 heterocycles. The second-order valence-electron chi connectivity index (χ2n) is 6.58. The van der Waals surface area contributed by atoms with Gasteiger partial charge in [-0.05, 0) is 49.2 Å². The summed E-state index contributed by atoms with van der Waals surface area (Å²) >= 11 is 0. The van der Waals surface area contributed by atoms with Crippen molar-refractivity contribution in [3.63, 3.8) is 0 Å². The van der Waals surface area contributed by atoms with E-state index in [4.69, 9.17) is 4.74 Å². The highest BCUT2D eigenvalue weighted by Crippen LogP contribution is 2.35. The van der Waals surface area contributed by atoms with E-state index in [0.29, 0.717) is 11.1 Å². The lowest BCUT2D eigenvalue weighted by Crippen LogP contribution is -2.39. The number of nitro benzene ring substituents is 1. The molecule has 0 saturated heterocycles. The smallest absolute Gasteiger partial charge is 0.330 e. The quantitative estimate of drug-likeness (QED) is 0.406. The molecule has 0 aliphatic carbocycles. The highest BCUT2D eigenvalue weighted by Gasteiger charge is 2.40. The Labute approximate surface area is 168 Å². The minimum atomic E-state index is -3.98. The van der Waals surface area contributed by atoms with Crippen molar-refractivity contribution < 1.29 is 22.9 Å². The Kier molecular flexibility index (Phi) is 5.69. The van der Waals surface area contributed by atoms with Crippen molar-refractivity contribution in [1.82, 2.24) is 4.31 Å². The van der Waals surface area contributed by atoms with Crippen LogP contribution in [0.15, 0.2) is 59.6 Å². The van der Waals surface area contributed by atoms with Crippen molar-refractivity contribution in [3.8, 4) is 0 Å². The predicted molar refractivity (Wildman–Crippen MR) is 106 cm³/mol. The lowest BCUT2D eigenvalue weighted by Gasteiger charge is -2.23. The van der Waals surface area contributed by atoms with Gasteiger partial charge in [0, 0.05) is 24.8 Å². The Morgan fingerprint density at radius 3 is 2.34 bits per heavy atom. The summed E-state index contributed by atoms with van der Waals surface area (Å²) in [6.07, 6.45) is 1.51. The number of hydrogen-bond donors (Lipinski definition) is 0. The van der Waals surface area contributed by atoms with Crippen LogP contribution in [0.5, 0.6) is 0 Å². The van der Waals surface area contributed by atoms with Crippen LogP contribution in [0.4, 0.5) is 5.69 Å². The molecule has 3 rings (SSSR count). The number of sulfonamides is 1. The summed E-state index contributed by atoms with van der Waals surface area (Å²) in [4.78, 5) is 22.9. The van der Waals surface area contributed by atoms with Gasteiger partial charge in [-0.15, -0.1) is 0 Å². The zero-order valence-electron chi connectivity index (χ0n) is 15.9. The number of aryl methyl sites for hydroxylation is 1. The van der Waals surface area contributed by atoms with Crippen LogP contribution < -0.4 is 0 Å². The summed E-state index contributed by atoms with van der Waals surface area (Å²) in [6.45, 7) is 3.62. The maximum Gasteiger partial charge on any atom is 0.330 e. The number of carbonyl (C=O) groups is 1. The molecule has 1 aliphatic heterocycles. The van der Waals surface area contributed by atoms with E-state index < -0.39 is 27.0 Å². The predicted octanol–water partition coefficient (Wildman–Crippen LogP) is 3.27. The Balaban J connectivity index is 2.01. The summed E-state index contributed by atoms with van der Waals surface area (Å²) in [5.41, 5.74) is 2.02. The molecule has 2 aromatic carbocycles. The van der Waals surface area contributed by atoms with E-state index in [1.807, 2.05) is 6.92 Å². The minimum absolute atomic E-state index is 0.0681. The minimum Gasteiger partial charge on any atom is -0.464 e.